The van der Waals surface area contributed by atoms with Crippen molar-refractivity contribution in [3.63, 3.8) is 0 Å². The van der Waals surface area contributed by atoms with Crippen LogP contribution in [0.2, 0.25) is 0 Å². The summed E-state index contributed by atoms with van der Waals surface area (Å²) in [6, 6.07) is 8.92. The van der Waals surface area contributed by atoms with Crippen LogP contribution in [0, 0.1) is 18.3 Å². The number of hydrogen-bond acceptors (Lipinski definition) is 2. The number of hydrogen-bond donors (Lipinski definition) is 0. The van der Waals surface area contributed by atoms with Gasteiger partial charge in [-0.3, -0.25) is 0 Å². The summed E-state index contributed by atoms with van der Waals surface area (Å²) in [6.45, 7) is 10.6. The number of benzene rings is 1. The molecule has 1 rings (SSSR count). The van der Waals surface area contributed by atoms with E-state index in [1.54, 1.807) is 0 Å². The molecule has 0 radical (unpaired) electrons. The van der Waals surface area contributed by atoms with Crippen molar-refractivity contribution in [2.24, 2.45) is 0 Å². The predicted octanol–water partition coefficient (Wildman–Crippen LogP) is 3.64. The second-order valence-corrected chi connectivity index (χ2v) is 6.04. The first-order chi connectivity index (χ1) is 8.34. The summed E-state index contributed by atoms with van der Waals surface area (Å²) in [4.78, 5) is 2.20. The van der Waals surface area contributed by atoms with Crippen molar-refractivity contribution >= 4 is 0 Å². The van der Waals surface area contributed by atoms with E-state index in [1.807, 2.05) is 0 Å². The minimum Gasteiger partial charge on any atom is -0.301 e. The molecule has 0 atom stereocenters. The molecule has 0 bridgehead atoms. The maximum Gasteiger partial charge on any atom is 0.0635 e. The van der Waals surface area contributed by atoms with Crippen LogP contribution in [0.3, 0.4) is 0 Å². The van der Waals surface area contributed by atoms with Gasteiger partial charge in [-0.2, -0.15) is 5.26 Å². The molecule has 0 aliphatic rings. The fourth-order valence-electron chi connectivity index (χ4n) is 1.95. The average molecular weight is 244 g/mol. The van der Waals surface area contributed by atoms with E-state index in [0.29, 0.717) is 6.42 Å². The first-order valence-electron chi connectivity index (χ1n) is 6.50. The van der Waals surface area contributed by atoms with Gasteiger partial charge >= 0.3 is 0 Å². The second-order valence-electron chi connectivity index (χ2n) is 6.04. The lowest BCUT2D eigenvalue weighted by molar-refractivity contribution is 0.334. The largest absolute Gasteiger partial charge is 0.301 e. The Morgan fingerprint density at radius 3 is 2.44 bits per heavy atom. The van der Waals surface area contributed by atoms with Crippen LogP contribution in [0.5, 0.6) is 0 Å². The standard InChI is InChI=1S/C16H24N2/c1-13-11-15(16(2,3)4)8-7-14(13)12-18(5)10-6-9-17/h7-8,11H,6,10,12H2,1-5H3. The fourth-order valence-corrected chi connectivity index (χ4v) is 1.95. The zero-order valence-electron chi connectivity index (χ0n) is 12.2. The molecule has 2 heteroatoms. The van der Waals surface area contributed by atoms with Gasteiger partial charge in [0.15, 0.2) is 0 Å². The van der Waals surface area contributed by atoms with Crippen molar-refractivity contribution in [2.45, 2.75) is 46.1 Å². The Bertz CT molecular complexity index is 435. The molecule has 0 spiro atoms. The molecular formula is C16H24N2. The van der Waals surface area contributed by atoms with E-state index >= 15 is 0 Å². The van der Waals surface area contributed by atoms with Crippen molar-refractivity contribution in [3.05, 3.63) is 34.9 Å². The molecule has 0 fully saturated rings. The topological polar surface area (TPSA) is 27.0 Å². The Morgan fingerprint density at radius 2 is 1.94 bits per heavy atom. The van der Waals surface area contributed by atoms with Gasteiger partial charge < -0.3 is 4.90 Å². The van der Waals surface area contributed by atoms with E-state index < -0.39 is 0 Å². The Hall–Kier alpha value is -1.33. The van der Waals surface area contributed by atoms with E-state index in [0.717, 1.165) is 13.1 Å². The van der Waals surface area contributed by atoms with Crippen molar-refractivity contribution < 1.29 is 0 Å². The molecule has 0 heterocycles. The van der Waals surface area contributed by atoms with Crippen LogP contribution in [-0.2, 0) is 12.0 Å². The molecule has 0 saturated heterocycles. The molecule has 98 valence electrons. The molecule has 0 N–H and O–H groups in total. The van der Waals surface area contributed by atoms with Crippen molar-refractivity contribution in [3.8, 4) is 6.07 Å². The zero-order chi connectivity index (χ0) is 13.8. The van der Waals surface area contributed by atoms with Crippen LogP contribution in [0.25, 0.3) is 0 Å². The molecule has 0 unspecified atom stereocenters. The van der Waals surface area contributed by atoms with Gasteiger partial charge in [-0.1, -0.05) is 39.0 Å². The van der Waals surface area contributed by atoms with Gasteiger partial charge in [-0.15, -0.1) is 0 Å². The van der Waals surface area contributed by atoms with Gasteiger partial charge in [0.1, 0.15) is 0 Å². The lowest BCUT2D eigenvalue weighted by atomic mass is 9.85. The summed E-state index contributed by atoms with van der Waals surface area (Å²) in [7, 11) is 2.06. The highest BCUT2D eigenvalue weighted by atomic mass is 15.1. The summed E-state index contributed by atoms with van der Waals surface area (Å²) in [5.74, 6) is 0. The first kappa shape index (κ1) is 14.7. The van der Waals surface area contributed by atoms with Gasteiger partial charge in [0, 0.05) is 19.5 Å². The molecular weight excluding hydrogens is 220 g/mol. The third-order valence-electron chi connectivity index (χ3n) is 3.25. The van der Waals surface area contributed by atoms with Crippen LogP contribution >= 0.6 is 0 Å². The van der Waals surface area contributed by atoms with E-state index in [4.69, 9.17) is 5.26 Å². The highest BCUT2D eigenvalue weighted by Crippen LogP contribution is 2.24. The van der Waals surface area contributed by atoms with Gasteiger partial charge in [-0.25, -0.2) is 0 Å². The molecule has 0 aromatic heterocycles. The molecule has 1 aromatic carbocycles. The van der Waals surface area contributed by atoms with Crippen LogP contribution < -0.4 is 0 Å². The highest BCUT2D eigenvalue weighted by molar-refractivity contribution is 5.34. The van der Waals surface area contributed by atoms with E-state index in [9.17, 15) is 0 Å². The molecule has 18 heavy (non-hydrogen) atoms. The predicted molar refractivity (Wildman–Crippen MR) is 76.4 cm³/mol. The average Bonchev–Trinajstić information content (AvgIpc) is 2.27. The normalized spacial score (nSPS) is 11.6. The molecule has 1 aromatic rings. The van der Waals surface area contributed by atoms with Crippen molar-refractivity contribution in [1.29, 1.82) is 5.26 Å². The number of aryl methyl sites for hydroxylation is 1. The number of nitrogens with zero attached hydrogens (tertiary/aromatic N) is 2. The van der Waals surface area contributed by atoms with E-state index in [1.165, 1.54) is 16.7 Å². The minimum absolute atomic E-state index is 0.204. The third kappa shape index (κ3) is 4.16. The molecule has 0 aliphatic heterocycles. The first-order valence-corrected chi connectivity index (χ1v) is 6.50. The van der Waals surface area contributed by atoms with Gasteiger partial charge in [0.05, 0.1) is 6.07 Å². The highest BCUT2D eigenvalue weighted by Gasteiger charge is 2.14. The molecule has 2 nitrogen and oxygen atoms in total. The van der Waals surface area contributed by atoms with E-state index in [2.05, 4.69) is 63.9 Å². The maximum atomic E-state index is 8.59. The van der Waals surface area contributed by atoms with Crippen LogP contribution in [0.4, 0.5) is 0 Å². The Balaban J connectivity index is 2.78. The SMILES string of the molecule is Cc1cc(C(C)(C)C)ccc1CN(C)CCC#N. The quantitative estimate of drug-likeness (QED) is 0.808. The van der Waals surface area contributed by atoms with Gasteiger partial charge in [-0.05, 0) is 36.1 Å². The smallest absolute Gasteiger partial charge is 0.0635 e. The maximum absolute atomic E-state index is 8.59. The van der Waals surface area contributed by atoms with Crippen LogP contribution in [0.1, 0.15) is 43.9 Å². The monoisotopic (exact) mass is 244 g/mol. The molecule has 0 amide bonds. The van der Waals surface area contributed by atoms with E-state index in [-0.39, 0.29) is 5.41 Å². The zero-order valence-corrected chi connectivity index (χ0v) is 12.2. The van der Waals surface area contributed by atoms with Crippen LogP contribution in [-0.4, -0.2) is 18.5 Å². The summed E-state index contributed by atoms with van der Waals surface area (Å²) in [5, 5.41) is 8.59. The van der Waals surface area contributed by atoms with Crippen molar-refractivity contribution in [1.82, 2.24) is 4.90 Å². The fraction of sp³-hybridized carbons (Fsp3) is 0.562. The Kier molecular flexibility index (Phi) is 4.93. The minimum atomic E-state index is 0.204. The van der Waals surface area contributed by atoms with Gasteiger partial charge in [0.2, 0.25) is 0 Å². The lowest BCUT2D eigenvalue weighted by Gasteiger charge is -2.22. The summed E-state index contributed by atoms with van der Waals surface area (Å²) >= 11 is 0. The number of rotatable bonds is 4. The molecule has 0 aliphatic carbocycles. The molecule has 0 saturated carbocycles. The Labute approximate surface area is 111 Å². The van der Waals surface area contributed by atoms with Gasteiger partial charge in [0.25, 0.3) is 0 Å². The second kappa shape index (κ2) is 6.02. The number of nitriles is 1. The lowest BCUT2D eigenvalue weighted by Crippen LogP contribution is -2.19. The summed E-state index contributed by atoms with van der Waals surface area (Å²) in [5.41, 5.74) is 4.27. The Morgan fingerprint density at radius 1 is 1.28 bits per heavy atom. The van der Waals surface area contributed by atoms with Crippen LogP contribution in [0.15, 0.2) is 18.2 Å². The third-order valence-corrected chi connectivity index (χ3v) is 3.25. The van der Waals surface area contributed by atoms with Crippen molar-refractivity contribution in [2.75, 3.05) is 13.6 Å². The summed E-state index contributed by atoms with van der Waals surface area (Å²) in [6.07, 6.45) is 0.593. The summed E-state index contributed by atoms with van der Waals surface area (Å²) < 4.78 is 0.